The minimum absolute atomic E-state index is 0.216. The average molecular weight is 328 g/mol. The predicted octanol–water partition coefficient (Wildman–Crippen LogP) is -3.40. The summed E-state index contributed by atoms with van der Waals surface area (Å²) in [6.07, 6.45) is -3.57. The lowest BCUT2D eigenvalue weighted by molar-refractivity contribution is -0.239. The van der Waals surface area contributed by atoms with Crippen LogP contribution >= 0.6 is 0 Å². The van der Waals surface area contributed by atoms with Crippen LogP contribution in [0.1, 0.15) is 0 Å². The van der Waals surface area contributed by atoms with Crippen molar-refractivity contribution >= 4 is 6.29 Å². The molecular weight excluding hydrogens is 304 g/mol. The van der Waals surface area contributed by atoms with Gasteiger partial charge in [-0.3, -0.25) is 0 Å². The van der Waals surface area contributed by atoms with Crippen molar-refractivity contribution in [3.05, 3.63) is 0 Å². The molecule has 10 nitrogen and oxygen atoms in total. The van der Waals surface area contributed by atoms with Crippen LogP contribution in [0, 0.1) is 0 Å². The zero-order valence-electron chi connectivity index (χ0n) is 12.1. The molecule has 0 saturated carbocycles. The fourth-order valence-corrected chi connectivity index (χ4v) is 1.34. The highest BCUT2D eigenvalue weighted by Crippen LogP contribution is 2.05. The summed E-state index contributed by atoms with van der Waals surface area (Å²) in [4.78, 5) is 10.2. The van der Waals surface area contributed by atoms with E-state index in [0.717, 1.165) is 0 Å². The Labute approximate surface area is 127 Å². The molecule has 0 heterocycles. The van der Waals surface area contributed by atoms with E-state index in [1.165, 1.54) is 0 Å². The smallest absolute Gasteiger partial charge is 0.181 e. The molecule has 0 saturated heterocycles. The number of aldehydes is 1. The van der Waals surface area contributed by atoms with Gasteiger partial charge in [0.05, 0.1) is 39.6 Å². The van der Waals surface area contributed by atoms with Gasteiger partial charge in [-0.1, -0.05) is 0 Å². The van der Waals surface area contributed by atoms with Gasteiger partial charge < -0.3 is 49.3 Å². The van der Waals surface area contributed by atoms with Crippen LogP contribution in [0.5, 0.6) is 0 Å². The zero-order chi connectivity index (χ0) is 16.8. The Bertz CT molecular complexity index is 260. The Morgan fingerprint density at radius 2 is 1.23 bits per heavy atom. The van der Waals surface area contributed by atoms with Crippen molar-refractivity contribution in [3.63, 3.8) is 0 Å². The molecule has 3 atom stereocenters. The first-order chi connectivity index (χ1) is 10.6. The van der Waals surface area contributed by atoms with E-state index in [9.17, 15) is 4.79 Å². The molecule has 0 aromatic carbocycles. The van der Waals surface area contributed by atoms with Crippen molar-refractivity contribution in [1.29, 1.82) is 0 Å². The van der Waals surface area contributed by atoms with Gasteiger partial charge in [-0.15, -0.1) is 0 Å². The number of carbonyl (C=O) groups is 1. The normalized spacial score (nSPS) is 15.7. The third kappa shape index (κ3) is 9.35. The lowest BCUT2D eigenvalue weighted by Crippen LogP contribution is -2.37. The van der Waals surface area contributed by atoms with Gasteiger partial charge in [-0.2, -0.15) is 0 Å². The van der Waals surface area contributed by atoms with Gasteiger partial charge in [0.15, 0.2) is 12.6 Å². The van der Waals surface area contributed by atoms with E-state index in [0.29, 0.717) is 6.29 Å². The van der Waals surface area contributed by atoms with E-state index < -0.39 is 57.8 Å². The highest BCUT2D eigenvalue weighted by Gasteiger charge is 2.20. The van der Waals surface area contributed by atoms with Crippen molar-refractivity contribution in [2.75, 3.05) is 46.2 Å². The molecule has 0 aromatic heterocycles. The molecule has 0 rings (SSSR count). The van der Waals surface area contributed by atoms with Crippen molar-refractivity contribution < 1.29 is 49.3 Å². The molecule has 0 amide bonds. The summed E-state index contributed by atoms with van der Waals surface area (Å²) in [5.74, 6) is 0. The van der Waals surface area contributed by atoms with E-state index >= 15 is 0 Å². The first-order valence-electron chi connectivity index (χ1n) is 6.67. The van der Waals surface area contributed by atoms with E-state index in [4.69, 9.17) is 44.5 Å². The summed E-state index contributed by atoms with van der Waals surface area (Å²) in [6, 6.07) is 0. The van der Waals surface area contributed by atoms with E-state index in [2.05, 4.69) is 0 Å². The molecule has 0 fully saturated rings. The van der Waals surface area contributed by atoms with Gasteiger partial charge in [0, 0.05) is 0 Å². The van der Waals surface area contributed by atoms with Crippen LogP contribution in [0.25, 0.3) is 0 Å². The summed E-state index contributed by atoms with van der Waals surface area (Å²) in [7, 11) is 0. The van der Waals surface area contributed by atoms with E-state index in [1.807, 2.05) is 0 Å². The number of hydrogen-bond acceptors (Lipinski definition) is 10. The fourth-order valence-electron chi connectivity index (χ4n) is 1.34. The van der Waals surface area contributed by atoms with Gasteiger partial charge in [-0.05, 0) is 0 Å². The van der Waals surface area contributed by atoms with Crippen LogP contribution < -0.4 is 0 Å². The van der Waals surface area contributed by atoms with Gasteiger partial charge in [0.2, 0.25) is 0 Å². The third-order valence-corrected chi connectivity index (χ3v) is 2.42. The minimum Gasteiger partial charge on any atom is -0.394 e. The number of hydrogen-bond donors (Lipinski definition) is 5. The largest absolute Gasteiger partial charge is 0.394 e. The summed E-state index contributed by atoms with van der Waals surface area (Å²) in [5, 5.41) is 45.0. The third-order valence-electron chi connectivity index (χ3n) is 2.42. The van der Waals surface area contributed by atoms with Crippen LogP contribution in [0.2, 0.25) is 0 Å². The highest BCUT2D eigenvalue weighted by molar-refractivity contribution is 5.50. The highest BCUT2D eigenvalue weighted by atomic mass is 16.7. The standard InChI is InChI=1S/C12H24O10/c13-1-2-19-11(6-17)22-10(5-16)8-20-12(7-18)21-9(3-14)4-15/h1,9-12,14-18H,2-8H2/t10?,11-,12-/m0/s1. The molecule has 0 aliphatic carbocycles. The molecule has 0 aromatic rings. The maximum atomic E-state index is 10.2. The number of rotatable bonds is 15. The van der Waals surface area contributed by atoms with E-state index in [-0.39, 0.29) is 13.2 Å². The fraction of sp³-hybridized carbons (Fsp3) is 0.917. The van der Waals surface area contributed by atoms with Crippen molar-refractivity contribution in [1.82, 2.24) is 0 Å². The molecule has 5 N–H and O–H groups in total. The molecular formula is C12H24O10. The Kier molecular flexibility index (Phi) is 13.5. The topological polar surface area (TPSA) is 155 Å². The molecule has 10 heteroatoms. The maximum Gasteiger partial charge on any atom is 0.181 e. The number of aliphatic hydroxyl groups is 5. The molecule has 0 bridgehead atoms. The number of ether oxygens (including phenoxy) is 4. The van der Waals surface area contributed by atoms with Crippen LogP contribution in [-0.2, 0) is 23.7 Å². The van der Waals surface area contributed by atoms with Crippen LogP contribution in [-0.4, -0.2) is 103 Å². The minimum atomic E-state index is -1.13. The number of carbonyl (C=O) groups excluding carboxylic acids is 1. The summed E-state index contributed by atoms with van der Waals surface area (Å²) >= 11 is 0. The zero-order valence-corrected chi connectivity index (χ0v) is 12.1. The quantitative estimate of drug-likeness (QED) is 0.152. The van der Waals surface area contributed by atoms with Gasteiger partial charge >= 0.3 is 0 Å². The van der Waals surface area contributed by atoms with Gasteiger partial charge in [0.1, 0.15) is 25.1 Å². The van der Waals surface area contributed by atoms with E-state index in [1.54, 1.807) is 0 Å². The molecule has 0 radical (unpaired) electrons. The second-order valence-corrected chi connectivity index (χ2v) is 4.12. The van der Waals surface area contributed by atoms with Crippen LogP contribution in [0.3, 0.4) is 0 Å². The predicted molar refractivity (Wildman–Crippen MR) is 70.7 cm³/mol. The monoisotopic (exact) mass is 328 g/mol. The summed E-state index contributed by atoms with van der Waals surface area (Å²) in [5.41, 5.74) is 0. The summed E-state index contributed by atoms with van der Waals surface area (Å²) in [6.45, 7) is -2.94. The average Bonchev–Trinajstić information content (AvgIpc) is 2.56. The molecule has 0 aliphatic heterocycles. The number of aliphatic hydroxyl groups excluding tert-OH is 5. The first kappa shape index (κ1) is 21.3. The van der Waals surface area contributed by atoms with Crippen LogP contribution in [0.4, 0.5) is 0 Å². The maximum absolute atomic E-state index is 10.2. The Hall–Kier alpha value is -0.690. The SMILES string of the molecule is O=CCO[C@H](CO)OC(CO)CO[C@H](CO)OC(CO)CO. The molecule has 0 aliphatic rings. The second-order valence-electron chi connectivity index (χ2n) is 4.12. The Morgan fingerprint density at radius 3 is 1.68 bits per heavy atom. The second kappa shape index (κ2) is 13.9. The molecule has 132 valence electrons. The Morgan fingerprint density at radius 1 is 0.727 bits per heavy atom. The molecule has 1 unspecified atom stereocenters. The van der Waals surface area contributed by atoms with Crippen molar-refractivity contribution in [2.24, 2.45) is 0 Å². The van der Waals surface area contributed by atoms with Crippen molar-refractivity contribution in [3.8, 4) is 0 Å². The van der Waals surface area contributed by atoms with Crippen LogP contribution in [0.15, 0.2) is 0 Å². The Balaban J connectivity index is 4.25. The van der Waals surface area contributed by atoms with Crippen molar-refractivity contribution in [2.45, 2.75) is 24.8 Å². The van der Waals surface area contributed by atoms with Gasteiger partial charge in [0.25, 0.3) is 0 Å². The molecule has 22 heavy (non-hydrogen) atoms. The molecule has 0 spiro atoms. The lowest BCUT2D eigenvalue weighted by Gasteiger charge is -2.25. The van der Waals surface area contributed by atoms with Gasteiger partial charge in [-0.25, -0.2) is 0 Å². The summed E-state index contributed by atoms with van der Waals surface area (Å²) < 4.78 is 20.2. The lowest BCUT2D eigenvalue weighted by atomic mass is 10.4. The first-order valence-corrected chi connectivity index (χ1v) is 6.67.